The summed E-state index contributed by atoms with van der Waals surface area (Å²) in [5, 5.41) is 5.28. The quantitative estimate of drug-likeness (QED) is 0.162. The Morgan fingerprint density at radius 1 is 1.02 bits per heavy atom. The molecule has 1 aromatic heterocycles. The summed E-state index contributed by atoms with van der Waals surface area (Å²) >= 11 is 16.3. The van der Waals surface area contributed by atoms with Crippen LogP contribution in [-0.4, -0.2) is 23.0 Å². The topological polar surface area (TPSA) is 65.7 Å². The van der Waals surface area contributed by atoms with Gasteiger partial charge in [-0.2, -0.15) is 22.9 Å². The molecule has 5 rings (SSSR count). The molecule has 0 aliphatic rings. The second-order valence-electron chi connectivity index (χ2n) is 8.90. The molecule has 0 fully saturated rings. The first-order valence-electron chi connectivity index (χ1n) is 12.2. The Kier molecular flexibility index (Phi) is 8.58. The third kappa shape index (κ3) is 6.01. The van der Waals surface area contributed by atoms with E-state index < -0.39 is 17.3 Å². The highest BCUT2D eigenvalue weighted by atomic mass is 79.9. The number of rotatable bonds is 7. The van der Waals surface area contributed by atoms with E-state index in [2.05, 4.69) is 26.0 Å². The van der Waals surface area contributed by atoms with E-state index in [-0.39, 0.29) is 39.9 Å². The van der Waals surface area contributed by atoms with E-state index in [4.69, 9.17) is 32.7 Å². The van der Waals surface area contributed by atoms with Crippen molar-refractivity contribution in [2.24, 2.45) is 5.10 Å². The van der Waals surface area contributed by atoms with Gasteiger partial charge in [-0.15, -0.1) is 0 Å². The smallest absolute Gasteiger partial charge is 0.416 e. The van der Waals surface area contributed by atoms with Gasteiger partial charge in [-0.25, -0.2) is 4.98 Å². The Morgan fingerprint density at radius 3 is 2.50 bits per heavy atom. The third-order valence-electron chi connectivity index (χ3n) is 6.22. The maximum absolute atomic E-state index is 13.5. The zero-order valence-electron chi connectivity index (χ0n) is 21.6. The van der Waals surface area contributed by atoms with Gasteiger partial charge in [0.05, 0.1) is 29.8 Å². The standard InChI is InChI=1S/C30H19BrCl2F3N3O3/c1-41-24-14-19(25(31)26(33)27(24)42-16-18-7-2-4-11-22(18)32)15-37-39-28(17-8-6-9-20(13-17)30(34,35)36)38-23-12-5-3-10-21(23)29(39)40/h2-15H,16H2,1H3. The number of para-hydroxylation sites is 1. The molecule has 0 atom stereocenters. The fraction of sp³-hybridized carbons (Fsp3) is 0.100. The van der Waals surface area contributed by atoms with Crippen LogP contribution < -0.4 is 15.0 Å². The van der Waals surface area contributed by atoms with Gasteiger partial charge >= 0.3 is 6.18 Å². The van der Waals surface area contributed by atoms with Crippen molar-refractivity contribution in [1.82, 2.24) is 9.66 Å². The maximum Gasteiger partial charge on any atom is 0.416 e. The van der Waals surface area contributed by atoms with Gasteiger partial charge in [0.2, 0.25) is 0 Å². The Hall–Kier alpha value is -3.86. The Bertz CT molecular complexity index is 1890. The molecule has 0 aliphatic heterocycles. The van der Waals surface area contributed by atoms with Gasteiger partial charge in [0, 0.05) is 26.2 Å². The van der Waals surface area contributed by atoms with E-state index >= 15 is 0 Å². The molecule has 0 aliphatic carbocycles. The number of aromatic nitrogens is 2. The van der Waals surface area contributed by atoms with Crippen molar-refractivity contribution >= 4 is 56.2 Å². The molecule has 0 bridgehead atoms. The van der Waals surface area contributed by atoms with Crippen LogP contribution in [0.25, 0.3) is 22.3 Å². The van der Waals surface area contributed by atoms with Gasteiger partial charge in [-0.3, -0.25) is 4.79 Å². The summed E-state index contributed by atoms with van der Waals surface area (Å²) in [6.07, 6.45) is -3.26. The van der Waals surface area contributed by atoms with E-state index in [1.807, 2.05) is 12.1 Å². The summed E-state index contributed by atoms with van der Waals surface area (Å²) < 4.78 is 53.2. The van der Waals surface area contributed by atoms with Crippen LogP contribution in [0.1, 0.15) is 16.7 Å². The van der Waals surface area contributed by atoms with Crippen molar-refractivity contribution in [3.05, 3.63) is 120 Å². The zero-order valence-corrected chi connectivity index (χ0v) is 24.7. The summed E-state index contributed by atoms with van der Waals surface area (Å²) in [4.78, 5) is 18.0. The molecule has 1 heterocycles. The van der Waals surface area contributed by atoms with Crippen molar-refractivity contribution in [2.75, 3.05) is 7.11 Å². The number of fused-ring (bicyclic) bond motifs is 1. The van der Waals surface area contributed by atoms with E-state index in [1.165, 1.54) is 25.5 Å². The predicted octanol–water partition coefficient (Wildman–Crippen LogP) is 8.62. The van der Waals surface area contributed by atoms with Gasteiger partial charge in [0.25, 0.3) is 5.56 Å². The van der Waals surface area contributed by atoms with Crippen molar-refractivity contribution in [3.63, 3.8) is 0 Å². The van der Waals surface area contributed by atoms with Crippen molar-refractivity contribution in [2.45, 2.75) is 12.8 Å². The molecule has 42 heavy (non-hydrogen) atoms. The normalized spacial score (nSPS) is 11.8. The number of benzene rings is 4. The third-order valence-corrected chi connectivity index (χ3v) is 8.03. The van der Waals surface area contributed by atoms with Crippen LogP contribution in [0.2, 0.25) is 10.0 Å². The molecule has 4 aromatic carbocycles. The summed E-state index contributed by atoms with van der Waals surface area (Å²) in [7, 11) is 1.44. The molecule has 0 N–H and O–H groups in total. The first-order chi connectivity index (χ1) is 20.1. The largest absolute Gasteiger partial charge is 0.493 e. The Labute approximate surface area is 256 Å². The minimum Gasteiger partial charge on any atom is -0.493 e. The monoisotopic (exact) mass is 675 g/mol. The average molecular weight is 677 g/mol. The minimum absolute atomic E-state index is 0.0582. The van der Waals surface area contributed by atoms with Crippen LogP contribution in [0.15, 0.2) is 93.2 Å². The number of ether oxygens (including phenoxy) is 2. The highest BCUT2D eigenvalue weighted by Gasteiger charge is 2.31. The van der Waals surface area contributed by atoms with E-state index in [0.29, 0.717) is 20.6 Å². The second kappa shape index (κ2) is 12.2. The number of alkyl halides is 3. The van der Waals surface area contributed by atoms with Crippen LogP contribution in [0.5, 0.6) is 11.5 Å². The lowest BCUT2D eigenvalue weighted by molar-refractivity contribution is -0.137. The van der Waals surface area contributed by atoms with Crippen LogP contribution in [-0.2, 0) is 12.8 Å². The maximum atomic E-state index is 13.5. The lowest BCUT2D eigenvalue weighted by Crippen LogP contribution is -2.20. The first kappa shape index (κ1) is 29.6. The second-order valence-corrected chi connectivity index (χ2v) is 10.5. The van der Waals surface area contributed by atoms with Gasteiger partial charge < -0.3 is 9.47 Å². The molecule has 0 amide bonds. The number of nitrogens with zero attached hydrogens (tertiary/aromatic N) is 3. The average Bonchev–Trinajstić information content (AvgIpc) is 2.98. The molecule has 12 heteroatoms. The first-order valence-corrected chi connectivity index (χ1v) is 13.8. The van der Waals surface area contributed by atoms with Crippen molar-refractivity contribution < 1.29 is 22.6 Å². The van der Waals surface area contributed by atoms with Crippen molar-refractivity contribution in [3.8, 4) is 22.9 Å². The van der Waals surface area contributed by atoms with Gasteiger partial charge in [0.15, 0.2) is 17.3 Å². The van der Waals surface area contributed by atoms with Crippen LogP contribution in [0.3, 0.4) is 0 Å². The van der Waals surface area contributed by atoms with Crippen molar-refractivity contribution in [1.29, 1.82) is 0 Å². The van der Waals surface area contributed by atoms with Gasteiger partial charge in [0.1, 0.15) is 11.6 Å². The van der Waals surface area contributed by atoms with E-state index in [1.54, 1.807) is 42.5 Å². The Balaban J connectivity index is 1.59. The predicted molar refractivity (Wildman–Crippen MR) is 161 cm³/mol. The molecule has 0 saturated heterocycles. The summed E-state index contributed by atoms with van der Waals surface area (Å²) in [5.74, 6) is 0.450. The molecular weight excluding hydrogens is 658 g/mol. The SMILES string of the molecule is COc1cc(C=Nn2c(-c3cccc(C(F)(F)F)c3)nc3ccccc3c2=O)c(Br)c(Cl)c1OCc1ccccc1Cl. The molecule has 6 nitrogen and oxygen atoms in total. The van der Waals surface area contributed by atoms with Crippen LogP contribution >= 0.6 is 39.1 Å². The molecule has 5 aromatic rings. The summed E-state index contributed by atoms with van der Waals surface area (Å²) in [6, 6.07) is 19.8. The minimum atomic E-state index is -4.59. The highest BCUT2D eigenvalue weighted by Crippen LogP contribution is 2.42. The Morgan fingerprint density at radius 2 is 1.76 bits per heavy atom. The lowest BCUT2D eigenvalue weighted by Gasteiger charge is -2.16. The molecule has 0 unspecified atom stereocenters. The number of halogens is 6. The van der Waals surface area contributed by atoms with E-state index in [9.17, 15) is 18.0 Å². The molecule has 0 saturated carbocycles. The fourth-order valence-electron chi connectivity index (χ4n) is 4.12. The number of hydrogen-bond acceptors (Lipinski definition) is 5. The van der Waals surface area contributed by atoms with Crippen LogP contribution in [0, 0.1) is 0 Å². The molecule has 0 radical (unpaired) electrons. The van der Waals surface area contributed by atoms with Gasteiger partial charge in [-0.1, -0.05) is 65.7 Å². The zero-order chi connectivity index (χ0) is 30.0. The molecule has 214 valence electrons. The fourth-order valence-corrected chi connectivity index (χ4v) is 4.97. The lowest BCUT2D eigenvalue weighted by atomic mass is 10.1. The highest BCUT2D eigenvalue weighted by molar-refractivity contribution is 9.10. The molecular formula is C30H19BrCl2F3N3O3. The number of hydrogen-bond donors (Lipinski definition) is 0. The van der Waals surface area contributed by atoms with Gasteiger partial charge in [-0.05, 0) is 52.3 Å². The van der Waals surface area contributed by atoms with E-state index in [0.717, 1.165) is 22.4 Å². The summed E-state index contributed by atoms with van der Waals surface area (Å²) in [6.45, 7) is 0.119. The van der Waals surface area contributed by atoms with Crippen LogP contribution in [0.4, 0.5) is 13.2 Å². The number of methoxy groups -OCH3 is 1. The molecule has 0 spiro atoms. The summed E-state index contributed by atoms with van der Waals surface area (Å²) in [5.41, 5.74) is 0.0548.